The molecule has 0 bridgehead atoms. The molecule has 4 nitrogen and oxygen atoms in total. The molecule has 0 radical (unpaired) electrons. The first-order valence-electron chi connectivity index (χ1n) is 6.01. The Hall–Kier alpha value is -1.78. The van der Waals surface area contributed by atoms with Gasteiger partial charge in [0.2, 0.25) is 0 Å². The molecule has 3 rings (SSSR count). The number of benzene rings is 1. The average molecular weight is 308 g/mol. The molecule has 0 saturated heterocycles. The topological polar surface area (TPSA) is 45.2 Å². The fraction of sp³-hybridized carbons (Fsp3) is 0.143. The average Bonchev–Trinajstić information content (AvgIpc) is 2.71. The number of pyridine rings is 1. The molecule has 0 aliphatic carbocycles. The fourth-order valence-corrected chi connectivity index (χ4v) is 2.57. The van der Waals surface area contributed by atoms with Crippen LogP contribution in [-0.2, 0) is 6.54 Å². The van der Waals surface area contributed by atoms with E-state index in [9.17, 15) is 4.79 Å². The van der Waals surface area contributed by atoms with Crippen molar-refractivity contribution in [2.45, 2.75) is 6.54 Å². The van der Waals surface area contributed by atoms with Gasteiger partial charge in [-0.15, -0.1) is 0 Å². The zero-order valence-electron chi connectivity index (χ0n) is 10.7. The number of carbonyl (C=O) groups is 1. The van der Waals surface area contributed by atoms with Crippen LogP contribution in [0.5, 0.6) is 0 Å². The van der Waals surface area contributed by atoms with Gasteiger partial charge in [-0.2, -0.15) is 0 Å². The van der Waals surface area contributed by atoms with Gasteiger partial charge in [0.05, 0.1) is 22.0 Å². The molecule has 1 N–H and O–H groups in total. The molecule has 2 heterocycles. The predicted molar refractivity (Wildman–Crippen MR) is 79.8 cm³/mol. The molecule has 2 aromatic rings. The Morgan fingerprint density at radius 2 is 2.10 bits per heavy atom. The Morgan fingerprint density at radius 1 is 1.30 bits per heavy atom. The Morgan fingerprint density at radius 3 is 2.90 bits per heavy atom. The van der Waals surface area contributed by atoms with E-state index in [-0.39, 0.29) is 5.91 Å². The van der Waals surface area contributed by atoms with Crippen LogP contribution in [0.1, 0.15) is 15.9 Å². The van der Waals surface area contributed by atoms with Gasteiger partial charge >= 0.3 is 0 Å². The van der Waals surface area contributed by atoms with E-state index < -0.39 is 0 Å². The molecule has 0 unspecified atom stereocenters. The lowest BCUT2D eigenvalue weighted by molar-refractivity contribution is 0.0817. The second-order valence-electron chi connectivity index (χ2n) is 4.61. The van der Waals surface area contributed by atoms with Crippen molar-refractivity contribution in [2.24, 2.45) is 0 Å². The molecule has 0 saturated carbocycles. The molecular formula is C14H11Cl2N3O. The molecule has 20 heavy (non-hydrogen) atoms. The zero-order chi connectivity index (χ0) is 14.3. The van der Waals surface area contributed by atoms with Crippen molar-refractivity contribution in [3.05, 3.63) is 51.8 Å². The number of halogens is 2. The van der Waals surface area contributed by atoms with E-state index >= 15 is 0 Å². The smallest absolute Gasteiger partial charge is 0.256 e. The highest BCUT2D eigenvalue weighted by Crippen LogP contribution is 2.33. The molecule has 1 amide bonds. The van der Waals surface area contributed by atoms with Gasteiger partial charge in [-0.25, -0.2) is 4.98 Å². The molecular weight excluding hydrogens is 297 g/mol. The van der Waals surface area contributed by atoms with Crippen molar-refractivity contribution >= 4 is 40.5 Å². The van der Waals surface area contributed by atoms with Crippen LogP contribution >= 0.6 is 23.2 Å². The van der Waals surface area contributed by atoms with Gasteiger partial charge in [0.25, 0.3) is 5.91 Å². The summed E-state index contributed by atoms with van der Waals surface area (Å²) in [5, 5.41) is 3.95. The van der Waals surface area contributed by atoms with Crippen LogP contribution in [0.3, 0.4) is 0 Å². The molecule has 1 aliphatic rings. The minimum absolute atomic E-state index is 0.000578. The Labute approximate surface area is 126 Å². The number of fused-ring (bicyclic) bond motifs is 1. The summed E-state index contributed by atoms with van der Waals surface area (Å²) in [5.74, 6) is -0.000578. The minimum Gasteiger partial charge on any atom is -0.354 e. The van der Waals surface area contributed by atoms with E-state index in [1.807, 2.05) is 18.2 Å². The van der Waals surface area contributed by atoms with Gasteiger partial charge in [-0.1, -0.05) is 35.3 Å². The first kappa shape index (κ1) is 13.2. The number of rotatable bonds is 2. The highest BCUT2D eigenvalue weighted by molar-refractivity contribution is 6.34. The molecule has 0 spiro atoms. The zero-order valence-corrected chi connectivity index (χ0v) is 12.2. The van der Waals surface area contributed by atoms with Crippen molar-refractivity contribution in [3.8, 4) is 0 Å². The number of nitrogens with zero attached hydrogens (tertiary/aromatic N) is 2. The lowest BCUT2D eigenvalue weighted by atomic mass is 10.1. The summed E-state index contributed by atoms with van der Waals surface area (Å²) in [4.78, 5) is 17.8. The number of carbonyl (C=O) groups excluding carboxylic acids is 1. The van der Waals surface area contributed by atoms with Crippen LogP contribution in [0.2, 0.25) is 10.2 Å². The van der Waals surface area contributed by atoms with Crippen molar-refractivity contribution in [3.63, 3.8) is 0 Å². The molecule has 1 aromatic carbocycles. The van der Waals surface area contributed by atoms with Crippen LogP contribution < -0.4 is 5.32 Å². The van der Waals surface area contributed by atoms with Crippen LogP contribution in [0, 0.1) is 0 Å². The Bertz CT molecular complexity index is 703. The summed E-state index contributed by atoms with van der Waals surface area (Å²) >= 11 is 12.0. The summed E-state index contributed by atoms with van der Waals surface area (Å²) < 4.78 is 0. The summed E-state index contributed by atoms with van der Waals surface area (Å²) in [6.07, 6.45) is 1.48. The van der Waals surface area contributed by atoms with Crippen molar-refractivity contribution in [2.75, 3.05) is 12.4 Å². The third kappa shape index (κ3) is 2.21. The van der Waals surface area contributed by atoms with E-state index in [4.69, 9.17) is 23.2 Å². The maximum atomic E-state index is 12.2. The van der Waals surface area contributed by atoms with Gasteiger partial charge < -0.3 is 10.2 Å². The van der Waals surface area contributed by atoms with Crippen LogP contribution in [0.25, 0.3) is 0 Å². The van der Waals surface area contributed by atoms with Gasteiger partial charge in [-0.05, 0) is 11.6 Å². The number of hydrogen-bond acceptors (Lipinski definition) is 3. The van der Waals surface area contributed by atoms with Crippen molar-refractivity contribution < 1.29 is 4.79 Å². The third-order valence-electron chi connectivity index (χ3n) is 3.21. The number of nitrogens with one attached hydrogen (secondary N) is 1. The predicted octanol–water partition coefficient (Wildman–Crippen LogP) is 3.72. The largest absolute Gasteiger partial charge is 0.354 e. The first-order valence-corrected chi connectivity index (χ1v) is 6.77. The molecule has 6 heteroatoms. The molecule has 1 aromatic heterocycles. The SMILES string of the molecule is CN1Cc2cccc(Nc3cc(Cl)ncc3Cl)c2C1=O. The van der Waals surface area contributed by atoms with Crippen LogP contribution in [-0.4, -0.2) is 22.8 Å². The van der Waals surface area contributed by atoms with Gasteiger partial charge in [0.1, 0.15) is 5.15 Å². The Kier molecular flexibility index (Phi) is 3.28. The summed E-state index contributed by atoms with van der Waals surface area (Å²) in [6.45, 7) is 0.620. The summed E-state index contributed by atoms with van der Waals surface area (Å²) in [6, 6.07) is 7.33. The molecule has 0 fully saturated rings. The minimum atomic E-state index is -0.000578. The van der Waals surface area contributed by atoms with E-state index in [0.717, 1.165) is 11.3 Å². The van der Waals surface area contributed by atoms with E-state index in [1.165, 1.54) is 6.20 Å². The second-order valence-corrected chi connectivity index (χ2v) is 5.41. The maximum Gasteiger partial charge on any atom is 0.256 e. The number of hydrogen-bond donors (Lipinski definition) is 1. The number of anilines is 2. The van der Waals surface area contributed by atoms with Gasteiger partial charge in [0.15, 0.2) is 0 Å². The van der Waals surface area contributed by atoms with Gasteiger partial charge in [-0.3, -0.25) is 4.79 Å². The van der Waals surface area contributed by atoms with Crippen LogP contribution in [0.4, 0.5) is 11.4 Å². The lowest BCUT2D eigenvalue weighted by Crippen LogP contribution is -2.18. The normalized spacial score (nSPS) is 13.6. The number of aromatic nitrogens is 1. The standard InChI is InChI=1S/C14H11Cl2N3O/c1-19-7-8-3-2-4-10(13(8)14(19)20)18-11-5-12(16)17-6-9(11)15/h2-6H,7H2,1H3,(H,17,18). The summed E-state index contributed by atoms with van der Waals surface area (Å²) in [7, 11) is 1.78. The fourth-order valence-electron chi connectivity index (χ4n) is 2.26. The quantitative estimate of drug-likeness (QED) is 0.860. The highest BCUT2D eigenvalue weighted by atomic mass is 35.5. The lowest BCUT2D eigenvalue weighted by Gasteiger charge is -2.12. The highest BCUT2D eigenvalue weighted by Gasteiger charge is 2.27. The third-order valence-corrected chi connectivity index (χ3v) is 3.72. The number of amides is 1. The second kappa shape index (κ2) is 4.96. The molecule has 1 aliphatic heterocycles. The monoisotopic (exact) mass is 307 g/mol. The molecule has 102 valence electrons. The maximum absolute atomic E-state index is 12.2. The summed E-state index contributed by atoms with van der Waals surface area (Å²) in [5.41, 5.74) is 3.03. The first-order chi connectivity index (χ1) is 9.56. The Balaban J connectivity index is 2.03. The van der Waals surface area contributed by atoms with E-state index in [2.05, 4.69) is 10.3 Å². The van der Waals surface area contributed by atoms with Crippen molar-refractivity contribution in [1.82, 2.24) is 9.88 Å². The van der Waals surface area contributed by atoms with E-state index in [0.29, 0.717) is 28.0 Å². The van der Waals surface area contributed by atoms with E-state index in [1.54, 1.807) is 18.0 Å². The van der Waals surface area contributed by atoms with Crippen LogP contribution in [0.15, 0.2) is 30.5 Å². The molecule has 0 atom stereocenters. The van der Waals surface area contributed by atoms with Gasteiger partial charge in [0, 0.05) is 25.9 Å². The van der Waals surface area contributed by atoms with Crippen molar-refractivity contribution in [1.29, 1.82) is 0 Å².